The number of nitrogens with zero attached hydrogens (tertiary/aromatic N) is 3. The second kappa shape index (κ2) is 7.04. The van der Waals surface area contributed by atoms with Crippen LogP contribution in [0.4, 0.5) is 5.69 Å². The molecule has 2 heterocycles. The van der Waals surface area contributed by atoms with Crippen LogP contribution in [-0.2, 0) is 16.1 Å². The average molecular weight is 316 g/mol. The van der Waals surface area contributed by atoms with Gasteiger partial charge in [0.25, 0.3) is 0 Å². The molecule has 0 aliphatic heterocycles. The number of fused-ring (bicyclic) bond motifs is 1. The first kappa shape index (κ1) is 16.7. The van der Waals surface area contributed by atoms with Gasteiger partial charge in [0.05, 0.1) is 23.0 Å². The van der Waals surface area contributed by atoms with Crippen LogP contribution < -0.4 is 5.73 Å². The fourth-order valence-electron chi connectivity index (χ4n) is 2.34. The number of aryl methyl sites for hydroxylation is 2. The molecule has 0 aromatic carbocycles. The number of ether oxygens (including phenoxy) is 1. The first-order chi connectivity index (χ1) is 11.0. The third-order valence-corrected chi connectivity index (χ3v) is 3.44. The number of carbonyl (C=O) groups is 2. The van der Waals surface area contributed by atoms with Crippen molar-refractivity contribution >= 4 is 28.5 Å². The molecule has 0 fully saturated rings. The van der Waals surface area contributed by atoms with Gasteiger partial charge in [-0.2, -0.15) is 5.10 Å². The molecule has 7 heteroatoms. The highest BCUT2D eigenvalue weighted by Gasteiger charge is 2.20. The van der Waals surface area contributed by atoms with Crippen LogP contribution in [0.5, 0.6) is 0 Å². The number of pyridine rings is 1. The smallest absolute Gasteiger partial charge is 0.342 e. The topological polar surface area (TPSA) is 100 Å². The summed E-state index contributed by atoms with van der Waals surface area (Å²) in [7, 11) is 0. The summed E-state index contributed by atoms with van der Waals surface area (Å²) in [5, 5.41) is 4.85. The summed E-state index contributed by atoms with van der Waals surface area (Å²) in [6, 6.07) is 0. The molecule has 0 spiro atoms. The molecule has 2 aromatic heterocycles. The van der Waals surface area contributed by atoms with Gasteiger partial charge >= 0.3 is 5.97 Å². The quantitative estimate of drug-likeness (QED) is 0.619. The second-order valence-electron chi connectivity index (χ2n) is 5.28. The number of carbonyl (C=O) groups excluding carboxylic acids is 2. The van der Waals surface area contributed by atoms with E-state index < -0.39 is 5.97 Å². The first-order valence-corrected chi connectivity index (χ1v) is 7.34. The minimum atomic E-state index is -0.529. The average Bonchev–Trinajstić information content (AvgIpc) is 2.88. The molecule has 0 atom stereocenters. The number of esters is 1. The van der Waals surface area contributed by atoms with E-state index in [4.69, 9.17) is 10.5 Å². The Morgan fingerprint density at radius 2 is 2.22 bits per heavy atom. The van der Waals surface area contributed by atoms with Gasteiger partial charge in [0.1, 0.15) is 18.0 Å². The lowest BCUT2D eigenvalue weighted by Crippen LogP contribution is -2.12. The van der Waals surface area contributed by atoms with Crippen molar-refractivity contribution < 1.29 is 14.3 Å². The number of anilines is 1. The van der Waals surface area contributed by atoms with E-state index in [0.29, 0.717) is 41.8 Å². The molecule has 7 nitrogen and oxygen atoms in total. The largest absolute Gasteiger partial charge is 0.458 e. The van der Waals surface area contributed by atoms with Crippen molar-refractivity contribution in [2.45, 2.75) is 33.2 Å². The number of rotatable bonds is 7. The number of aromatic nitrogens is 3. The van der Waals surface area contributed by atoms with Crippen molar-refractivity contribution in [3.8, 4) is 0 Å². The number of nitrogen functional groups attached to an aromatic ring is 1. The van der Waals surface area contributed by atoms with Crippen molar-refractivity contribution in [2.75, 3.05) is 12.3 Å². The lowest BCUT2D eigenvalue weighted by molar-refractivity contribution is -0.117. The van der Waals surface area contributed by atoms with E-state index in [2.05, 4.69) is 16.7 Å². The zero-order chi connectivity index (χ0) is 17.0. The number of ketones is 1. The molecule has 0 amide bonds. The Labute approximate surface area is 134 Å². The van der Waals surface area contributed by atoms with Crippen LogP contribution in [0.2, 0.25) is 0 Å². The fraction of sp³-hybridized carbons (Fsp3) is 0.375. The van der Waals surface area contributed by atoms with E-state index in [9.17, 15) is 9.59 Å². The molecule has 2 rings (SSSR count). The summed E-state index contributed by atoms with van der Waals surface area (Å²) in [5.74, 6) is -0.393. The van der Waals surface area contributed by atoms with Crippen molar-refractivity contribution in [3.05, 3.63) is 30.1 Å². The second-order valence-corrected chi connectivity index (χ2v) is 5.28. The highest BCUT2D eigenvalue weighted by atomic mass is 16.5. The van der Waals surface area contributed by atoms with E-state index in [1.165, 1.54) is 6.08 Å². The number of Topliss-reactive ketones (excluding diaryl/α,β-unsaturated/α-hetero) is 1. The molecule has 0 bridgehead atoms. The third kappa shape index (κ3) is 3.56. The predicted octanol–water partition coefficient (Wildman–Crippen LogP) is 2.03. The Morgan fingerprint density at radius 1 is 1.48 bits per heavy atom. The van der Waals surface area contributed by atoms with Crippen LogP contribution in [0.1, 0.15) is 35.8 Å². The Kier molecular flexibility index (Phi) is 5.10. The Bertz CT molecular complexity index is 764. The Morgan fingerprint density at radius 3 is 2.87 bits per heavy atom. The third-order valence-electron chi connectivity index (χ3n) is 3.44. The molecule has 0 radical (unpaired) electrons. The fourth-order valence-corrected chi connectivity index (χ4v) is 2.34. The van der Waals surface area contributed by atoms with Crippen LogP contribution in [-0.4, -0.2) is 33.1 Å². The standard InChI is InChI=1S/C16H20N4O3/c1-4-8-23-16(22)13-11(3)19-15-12(14(13)17)9-18-20(15)7-5-6-10(2)21/h4,9H,1,5-8H2,2-3H3,(H2,17,19). The van der Waals surface area contributed by atoms with E-state index in [1.807, 2.05) is 0 Å². The molecule has 122 valence electrons. The van der Waals surface area contributed by atoms with E-state index >= 15 is 0 Å². The zero-order valence-corrected chi connectivity index (χ0v) is 13.3. The summed E-state index contributed by atoms with van der Waals surface area (Å²) in [4.78, 5) is 27.5. The molecule has 2 N–H and O–H groups in total. The van der Waals surface area contributed by atoms with E-state index in [0.717, 1.165) is 0 Å². The van der Waals surface area contributed by atoms with Crippen LogP contribution in [0, 0.1) is 6.92 Å². The van der Waals surface area contributed by atoms with E-state index in [1.54, 1.807) is 24.7 Å². The van der Waals surface area contributed by atoms with Crippen LogP contribution in [0.3, 0.4) is 0 Å². The molecule has 23 heavy (non-hydrogen) atoms. The number of hydrogen-bond acceptors (Lipinski definition) is 6. The summed E-state index contributed by atoms with van der Waals surface area (Å²) < 4.78 is 6.74. The van der Waals surface area contributed by atoms with Gasteiger partial charge in [0, 0.05) is 13.0 Å². The molecule has 0 aliphatic carbocycles. The molecule has 2 aromatic rings. The first-order valence-electron chi connectivity index (χ1n) is 7.34. The Balaban J connectivity index is 2.35. The van der Waals surface area contributed by atoms with E-state index in [-0.39, 0.29) is 18.0 Å². The van der Waals surface area contributed by atoms with Crippen LogP contribution >= 0.6 is 0 Å². The van der Waals surface area contributed by atoms with Crippen LogP contribution in [0.25, 0.3) is 11.0 Å². The molecule has 0 aliphatic rings. The highest BCUT2D eigenvalue weighted by Crippen LogP contribution is 2.26. The summed E-state index contributed by atoms with van der Waals surface area (Å²) in [6.07, 6.45) is 4.23. The molecule has 0 saturated heterocycles. The minimum absolute atomic E-state index is 0.111. The van der Waals surface area contributed by atoms with Gasteiger partial charge in [-0.25, -0.2) is 14.5 Å². The normalized spacial score (nSPS) is 10.7. The molecular weight excluding hydrogens is 296 g/mol. The maximum atomic E-state index is 12.1. The predicted molar refractivity (Wildman–Crippen MR) is 87.1 cm³/mol. The Hall–Kier alpha value is -2.70. The summed E-state index contributed by atoms with van der Waals surface area (Å²) in [6.45, 7) is 7.44. The van der Waals surface area contributed by atoms with Gasteiger partial charge in [-0.1, -0.05) is 12.7 Å². The molecule has 0 unspecified atom stereocenters. The maximum absolute atomic E-state index is 12.1. The van der Waals surface area contributed by atoms with Crippen molar-refractivity contribution in [2.24, 2.45) is 0 Å². The van der Waals surface area contributed by atoms with Crippen molar-refractivity contribution in [3.63, 3.8) is 0 Å². The maximum Gasteiger partial charge on any atom is 0.342 e. The van der Waals surface area contributed by atoms with Gasteiger partial charge in [-0.05, 0) is 20.3 Å². The monoisotopic (exact) mass is 316 g/mol. The van der Waals surface area contributed by atoms with Gasteiger partial charge in [0.15, 0.2) is 5.65 Å². The van der Waals surface area contributed by atoms with Crippen molar-refractivity contribution in [1.29, 1.82) is 0 Å². The van der Waals surface area contributed by atoms with Gasteiger partial charge < -0.3 is 15.3 Å². The minimum Gasteiger partial charge on any atom is -0.458 e. The number of hydrogen-bond donors (Lipinski definition) is 1. The SMILES string of the molecule is C=CCOC(=O)c1c(C)nc2c(cnn2CCCC(C)=O)c1N. The lowest BCUT2D eigenvalue weighted by Gasteiger charge is -2.10. The summed E-state index contributed by atoms with van der Waals surface area (Å²) in [5.41, 5.74) is 7.75. The van der Waals surface area contributed by atoms with Gasteiger partial charge in [-0.15, -0.1) is 0 Å². The number of nitrogens with two attached hydrogens (primary N) is 1. The summed E-state index contributed by atoms with van der Waals surface area (Å²) >= 11 is 0. The lowest BCUT2D eigenvalue weighted by atomic mass is 10.1. The zero-order valence-electron chi connectivity index (χ0n) is 13.3. The molecule has 0 saturated carbocycles. The van der Waals surface area contributed by atoms with Crippen LogP contribution in [0.15, 0.2) is 18.9 Å². The van der Waals surface area contributed by atoms with Gasteiger partial charge in [-0.3, -0.25) is 0 Å². The molecular formula is C16H20N4O3. The van der Waals surface area contributed by atoms with Gasteiger partial charge in [0.2, 0.25) is 0 Å². The highest BCUT2D eigenvalue weighted by molar-refractivity contribution is 6.04. The van der Waals surface area contributed by atoms with Crippen molar-refractivity contribution in [1.82, 2.24) is 14.8 Å².